The van der Waals surface area contributed by atoms with Crippen molar-refractivity contribution in [2.24, 2.45) is 5.92 Å². The van der Waals surface area contributed by atoms with Gasteiger partial charge in [-0.3, -0.25) is 9.69 Å². The van der Waals surface area contributed by atoms with E-state index < -0.39 is 9.84 Å². The number of hydrogen-bond donors (Lipinski definition) is 1. The first kappa shape index (κ1) is 15.7. The standard InChI is InChI=1S/C13H24N2O4S/c16-8-7-14-3-1-4-15(6-5-14)13(17)10-12-2-9-20(18,19)11-12/h12,16H,1-11H2. The monoisotopic (exact) mass is 304 g/mol. The van der Waals surface area contributed by atoms with Crippen LogP contribution in [-0.2, 0) is 14.6 Å². The van der Waals surface area contributed by atoms with Crippen LogP contribution in [0.1, 0.15) is 19.3 Å². The number of carbonyl (C=O) groups excluding carboxylic acids is 1. The predicted octanol–water partition coefficient (Wildman–Crippen LogP) is -0.662. The van der Waals surface area contributed by atoms with E-state index in [4.69, 9.17) is 5.11 Å². The van der Waals surface area contributed by atoms with Crippen molar-refractivity contribution in [3.63, 3.8) is 0 Å². The summed E-state index contributed by atoms with van der Waals surface area (Å²) >= 11 is 0. The zero-order chi connectivity index (χ0) is 14.6. The van der Waals surface area contributed by atoms with Gasteiger partial charge in [-0.2, -0.15) is 0 Å². The first-order valence-electron chi connectivity index (χ1n) is 7.31. The van der Waals surface area contributed by atoms with Crippen molar-refractivity contribution in [2.45, 2.75) is 19.3 Å². The van der Waals surface area contributed by atoms with Gasteiger partial charge in [-0.05, 0) is 25.3 Å². The quantitative estimate of drug-likeness (QED) is 0.746. The smallest absolute Gasteiger partial charge is 0.222 e. The molecule has 2 rings (SSSR count). The van der Waals surface area contributed by atoms with E-state index in [-0.39, 0.29) is 29.9 Å². The molecule has 0 bridgehead atoms. The molecule has 2 fully saturated rings. The molecule has 0 aromatic rings. The first-order valence-corrected chi connectivity index (χ1v) is 9.14. The molecule has 2 aliphatic heterocycles. The highest BCUT2D eigenvalue weighted by Crippen LogP contribution is 2.22. The topological polar surface area (TPSA) is 77.9 Å². The summed E-state index contributed by atoms with van der Waals surface area (Å²) in [5.74, 6) is 0.487. The molecule has 0 aliphatic carbocycles. The normalized spacial score (nSPS) is 27.4. The second-order valence-electron chi connectivity index (χ2n) is 5.77. The van der Waals surface area contributed by atoms with Crippen LogP contribution in [0.4, 0.5) is 0 Å². The Hall–Kier alpha value is -0.660. The maximum Gasteiger partial charge on any atom is 0.222 e. The zero-order valence-electron chi connectivity index (χ0n) is 11.8. The van der Waals surface area contributed by atoms with Gasteiger partial charge < -0.3 is 10.0 Å². The molecule has 0 aromatic carbocycles. The number of amides is 1. The number of carbonyl (C=O) groups is 1. The summed E-state index contributed by atoms with van der Waals surface area (Å²) in [6.45, 7) is 3.91. The van der Waals surface area contributed by atoms with E-state index in [9.17, 15) is 13.2 Å². The van der Waals surface area contributed by atoms with E-state index in [1.807, 2.05) is 4.90 Å². The summed E-state index contributed by atoms with van der Waals surface area (Å²) < 4.78 is 22.8. The van der Waals surface area contributed by atoms with Crippen molar-refractivity contribution in [3.05, 3.63) is 0 Å². The molecule has 0 radical (unpaired) electrons. The number of rotatable bonds is 4. The summed E-state index contributed by atoms with van der Waals surface area (Å²) in [5.41, 5.74) is 0. The molecule has 1 atom stereocenters. The van der Waals surface area contributed by atoms with Crippen LogP contribution in [0, 0.1) is 5.92 Å². The Balaban J connectivity index is 1.81. The molecule has 2 saturated heterocycles. The highest BCUT2D eigenvalue weighted by atomic mass is 32.2. The number of sulfone groups is 1. The molecule has 20 heavy (non-hydrogen) atoms. The van der Waals surface area contributed by atoms with Crippen LogP contribution in [0.2, 0.25) is 0 Å². The molecule has 6 nitrogen and oxygen atoms in total. The van der Waals surface area contributed by atoms with Crippen LogP contribution in [0.3, 0.4) is 0 Å². The molecule has 2 heterocycles. The molecular weight excluding hydrogens is 280 g/mol. The van der Waals surface area contributed by atoms with Crippen molar-refractivity contribution in [2.75, 3.05) is 50.8 Å². The Kier molecular flexibility index (Phi) is 5.40. The van der Waals surface area contributed by atoms with Crippen molar-refractivity contribution >= 4 is 15.7 Å². The lowest BCUT2D eigenvalue weighted by Gasteiger charge is -2.22. The summed E-state index contributed by atoms with van der Waals surface area (Å²) in [6.07, 6.45) is 1.90. The third-order valence-corrected chi connectivity index (χ3v) is 5.98. The number of aliphatic hydroxyl groups excluding tert-OH is 1. The third-order valence-electron chi connectivity index (χ3n) is 4.15. The highest BCUT2D eigenvalue weighted by molar-refractivity contribution is 7.91. The van der Waals surface area contributed by atoms with Gasteiger partial charge in [-0.25, -0.2) is 8.42 Å². The molecule has 0 spiro atoms. The molecule has 1 unspecified atom stereocenters. The maximum atomic E-state index is 12.2. The minimum absolute atomic E-state index is 0.00398. The van der Waals surface area contributed by atoms with E-state index in [1.165, 1.54) is 0 Å². The molecule has 2 aliphatic rings. The average molecular weight is 304 g/mol. The van der Waals surface area contributed by atoms with E-state index in [2.05, 4.69) is 4.90 Å². The summed E-state index contributed by atoms with van der Waals surface area (Å²) in [5, 5.41) is 8.95. The second kappa shape index (κ2) is 6.87. The van der Waals surface area contributed by atoms with Crippen molar-refractivity contribution in [1.29, 1.82) is 0 Å². The van der Waals surface area contributed by atoms with Gasteiger partial charge in [0.15, 0.2) is 9.84 Å². The molecule has 1 N–H and O–H groups in total. The lowest BCUT2D eigenvalue weighted by atomic mass is 10.0. The third kappa shape index (κ3) is 4.43. The Labute approximate surface area is 120 Å². The number of hydrogen-bond acceptors (Lipinski definition) is 5. The maximum absolute atomic E-state index is 12.2. The van der Waals surface area contributed by atoms with Gasteiger partial charge in [0.2, 0.25) is 5.91 Å². The van der Waals surface area contributed by atoms with E-state index >= 15 is 0 Å². The number of β-amino-alcohol motifs (C(OH)–C–C–N with tert-alkyl or cyclic N) is 1. The lowest BCUT2D eigenvalue weighted by molar-refractivity contribution is -0.131. The Bertz CT molecular complexity index is 438. The lowest BCUT2D eigenvalue weighted by Crippen LogP contribution is -2.36. The Morgan fingerprint density at radius 1 is 1.20 bits per heavy atom. The van der Waals surface area contributed by atoms with Gasteiger partial charge in [-0.1, -0.05) is 0 Å². The fraction of sp³-hybridized carbons (Fsp3) is 0.923. The molecule has 7 heteroatoms. The van der Waals surface area contributed by atoms with Crippen molar-refractivity contribution in [3.8, 4) is 0 Å². The summed E-state index contributed by atoms with van der Waals surface area (Å²) in [7, 11) is -2.90. The number of nitrogens with zero attached hydrogens (tertiary/aromatic N) is 2. The molecule has 0 aromatic heterocycles. The largest absolute Gasteiger partial charge is 0.395 e. The SMILES string of the molecule is O=C(CC1CCS(=O)(=O)C1)N1CCCN(CCO)CC1. The van der Waals surface area contributed by atoms with Crippen LogP contribution in [0.25, 0.3) is 0 Å². The van der Waals surface area contributed by atoms with Crippen LogP contribution < -0.4 is 0 Å². The van der Waals surface area contributed by atoms with Gasteiger partial charge in [0.25, 0.3) is 0 Å². The second-order valence-corrected chi connectivity index (χ2v) is 8.00. The van der Waals surface area contributed by atoms with Crippen molar-refractivity contribution < 1.29 is 18.3 Å². The predicted molar refractivity (Wildman–Crippen MR) is 76.1 cm³/mol. The van der Waals surface area contributed by atoms with Crippen LogP contribution in [0.15, 0.2) is 0 Å². The fourth-order valence-electron chi connectivity index (χ4n) is 2.99. The Morgan fingerprint density at radius 3 is 2.65 bits per heavy atom. The summed E-state index contributed by atoms with van der Waals surface area (Å²) in [4.78, 5) is 16.3. The van der Waals surface area contributed by atoms with E-state index in [0.29, 0.717) is 25.9 Å². The van der Waals surface area contributed by atoms with Gasteiger partial charge in [-0.15, -0.1) is 0 Å². The Morgan fingerprint density at radius 2 is 2.00 bits per heavy atom. The van der Waals surface area contributed by atoms with Gasteiger partial charge in [0.05, 0.1) is 18.1 Å². The van der Waals surface area contributed by atoms with Gasteiger partial charge in [0.1, 0.15) is 0 Å². The van der Waals surface area contributed by atoms with E-state index in [0.717, 1.165) is 26.1 Å². The molecule has 0 saturated carbocycles. The highest BCUT2D eigenvalue weighted by Gasteiger charge is 2.31. The van der Waals surface area contributed by atoms with Gasteiger partial charge in [0, 0.05) is 32.6 Å². The molecule has 1 amide bonds. The van der Waals surface area contributed by atoms with Crippen LogP contribution in [0.5, 0.6) is 0 Å². The van der Waals surface area contributed by atoms with Crippen molar-refractivity contribution in [1.82, 2.24) is 9.80 Å². The average Bonchev–Trinajstić information content (AvgIpc) is 2.61. The minimum atomic E-state index is -2.90. The van der Waals surface area contributed by atoms with Crippen LogP contribution >= 0.6 is 0 Å². The molecule has 116 valence electrons. The minimum Gasteiger partial charge on any atom is -0.395 e. The zero-order valence-corrected chi connectivity index (χ0v) is 12.6. The fourth-order valence-corrected chi connectivity index (χ4v) is 4.86. The first-order chi connectivity index (χ1) is 9.50. The van der Waals surface area contributed by atoms with Crippen LogP contribution in [-0.4, -0.2) is 80.1 Å². The van der Waals surface area contributed by atoms with Gasteiger partial charge >= 0.3 is 0 Å². The van der Waals surface area contributed by atoms with E-state index in [1.54, 1.807) is 0 Å². The summed E-state index contributed by atoms with van der Waals surface area (Å²) in [6, 6.07) is 0. The number of aliphatic hydroxyl groups is 1. The molecular formula is C13H24N2O4S.